The Bertz CT molecular complexity index is 472. The minimum Gasteiger partial charge on any atom is -0.477 e. The number of nitrogens with one attached hydrogen (secondary N) is 2. The largest absolute Gasteiger partial charge is 0.477 e. The first-order chi connectivity index (χ1) is 9.83. The second-order valence-corrected chi connectivity index (χ2v) is 5.20. The molecule has 1 aromatic rings. The van der Waals surface area contributed by atoms with Crippen molar-refractivity contribution in [2.24, 2.45) is 0 Å². The Kier molecular flexibility index (Phi) is 4.06. The number of hydrogen-bond donors (Lipinski definition) is 2. The Morgan fingerprint density at radius 1 is 1.40 bits per heavy atom. The summed E-state index contributed by atoms with van der Waals surface area (Å²) in [5, 5.41) is 6.14. The van der Waals surface area contributed by atoms with Crippen LogP contribution in [-0.2, 0) is 9.53 Å². The van der Waals surface area contributed by atoms with Gasteiger partial charge in [-0.25, -0.2) is 0 Å². The molecule has 2 N–H and O–H groups in total. The number of rotatable bonds is 4. The number of fused-ring (bicyclic) bond motifs is 1. The van der Waals surface area contributed by atoms with E-state index in [4.69, 9.17) is 9.47 Å². The Labute approximate surface area is 118 Å². The van der Waals surface area contributed by atoms with Crippen LogP contribution in [0.3, 0.4) is 0 Å². The summed E-state index contributed by atoms with van der Waals surface area (Å²) in [7, 11) is 0. The topological polar surface area (TPSA) is 59.6 Å². The Morgan fingerprint density at radius 2 is 2.30 bits per heavy atom. The monoisotopic (exact) mass is 276 g/mol. The van der Waals surface area contributed by atoms with E-state index in [0.717, 1.165) is 37.3 Å². The van der Waals surface area contributed by atoms with Gasteiger partial charge in [-0.1, -0.05) is 12.1 Å². The number of hydrogen-bond acceptors (Lipinski definition) is 4. The minimum atomic E-state index is -0.464. The zero-order valence-corrected chi connectivity index (χ0v) is 11.4. The van der Waals surface area contributed by atoms with Gasteiger partial charge in [-0.3, -0.25) is 4.79 Å². The molecule has 3 rings (SSSR count). The van der Waals surface area contributed by atoms with Crippen molar-refractivity contribution in [2.75, 3.05) is 25.0 Å². The van der Waals surface area contributed by atoms with Crippen LogP contribution < -0.4 is 15.4 Å². The van der Waals surface area contributed by atoms with Crippen LogP contribution in [0.1, 0.15) is 19.3 Å². The molecule has 0 saturated carbocycles. The van der Waals surface area contributed by atoms with Crippen LogP contribution in [0.2, 0.25) is 0 Å². The number of carbonyl (C=O) groups excluding carboxylic acids is 1. The number of benzene rings is 1. The number of ether oxygens (including phenoxy) is 2. The molecule has 2 aliphatic heterocycles. The van der Waals surface area contributed by atoms with Gasteiger partial charge in [0.1, 0.15) is 5.75 Å². The Balaban J connectivity index is 1.46. The van der Waals surface area contributed by atoms with E-state index in [1.165, 1.54) is 0 Å². The summed E-state index contributed by atoms with van der Waals surface area (Å²) < 4.78 is 11.2. The normalized spacial score (nSPS) is 24.4. The molecule has 0 bridgehead atoms. The third kappa shape index (κ3) is 3.04. The maximum Gasteiger partial charge on any atom is 0.262 e. The highest BCUT2D eigenvalue weighted by molar-refractivity contribution is 5.83. The summed E-state index contributed by atoms with van der Waals surface area (Å²) >= 11 is 0. The van der Waals surface area contributed by atoms with E-state index >= 15 is 0 Å². The van der Waals surface area contributed by atoms with Crippen molar-refractivity contribution in [1.82, 2.24) is 5.32 Å². The fourth-order valence-corrected chi connectivity index (χ4v) is 2.60. The highest BCUT2D eigenvalue weighted by Gasteiger charge is 2.25. The number of amides is 1. The summed E-state index contributed by atoms with van der Waals surface area (Å²) in [6.07, 6.45) is 2.95. The van der Waals surface area contributed by atoms with Crippen molar-refractivity contribution in [3.05, 3.63) is 24.3 Å². The lowest BCUT2D eigenvalue weighted by Crippen LogP contribution is -2.45. The van der Waals surface area contributed by atoms with Crippen LogP contribution in [0, 0.1) is 0 Å². The van der Waals surface area contributed by atoms with E-state index < -0.39 is 6.10 Å². The van der Waals surface area contributed by atoms with E-state index in [-0.39, 0.29) is 5.91 Å². The van der Waals surface area contributed by atoms with Crippen LogP contribution in [0.5, 0.6) is 5.75 Å². The van der Waals surface area contributed by atoms with Crippen LogP contribution in [0.15, 0.2) is 24.3 Å². The maximum atomic E-state index is 12.1. The average molecular weight is 276 g/mol. The zero-order valence-electron chi connectivity index (χ0n) is 11.4. The van der Waals surface area contributed by atoms with Gasteiger partial charge in [0.2, 0.25) is 0 Å². The van der Waals surface area contributed by atoms with Crippen LogP contribution in [-0.4, -0.2) is 37.8 Å². The molecule has 1 fully saturated rings. The van der Waals surface area contributed by atoms with Crippen molar-refractivity contribution in [1.29, 1.82) is 0 Å². The van der Waals surface area contributed by atoms with Gasteiger partial charge in [0.15, 0.2) is 6.10 Å². The van der Waals surface area contributed by atoms with E-state index in [0.29, 0.717) is 19.2 Å². The molecule has 2 atom stereocenters. The first kappa shape index (κ1) is 13.2. The predicted octanol–water partition coefficient (Wildman–Crippen LogP) is 1.54. The molecule has 2 heterocycles. The maximum absolute atomic E-state index is 12.1. The van der Waals surface area contributed by atoms with Gasteiger partial charge in [-0.2, -0.15) is 0 Å². The fourth-order valence-electron chi connectivity index (χ4n) is 2.60. The van der Waals surface area contributed by atoms with Gasteiger partial charge in [0.25, 0.3) is 5.91 Å². The Hall–Kier alpha value is -1.75. The molecule has 1 aromatic carbocycles. The lowest BCUT2D eigenvalue weighted by molar-refractivity contribution is -0.127. The molecule has 1 saturated heterocycles. The van der Waals surface area contributed by atoms with E-state index in [2.05, 4.69) is 10.6 Å². The third-order valence-corrected chi connectivity index (χ3v) is 3.72. The Morgan fingerprint density at radius 3 is 3.15 bits per heavy atom. The van der Waals surface area contributed by atoms with Gasteiger partial charge in [0, 0.05) is 13.2 Å². The third-order valence-electron chi connectivity index (χ3n) is 3.72. The number of carbonyl (C=O) groups is 1. The fraction of sp³-hybridized carbons (Fsp3) is 0.533. The van der Waals surface area contributed by atoms with Crippen molar-refractivity contribution in [2.45, 2.75) is 31.5 Å². The average Bonchev–Trinajstić information content (AvgIpc) is 3.00. The molecular formula is C15H20N2O3. The smallest absolute Gasteiger partial charge is 0.262 e. The molecule has 20 heavy (non-hydrogen) atoms. The molecule has 1 amide bonds. The highest BCUT2D eigenvalue weighted by Crippen LogP contribution is 2.28. The lowest BCUT2D eigenvalue weighted by atomic mass is 10.2. The van der Waals surface area contributed by atoms with Crippen molar-refractivity contribution in [3.8, 4) is 5.75 Å². The molecule has 2 aliphatic rings. The molecule has 5 heteroatoms. The lowest BCUT2D eigenvalue weighted by Gasteiger charge is -2.26. The molecule has 0 aromatic heterocycles. The van der Waals surface area contributed by atoms with Gasteiger partial charge < -0.3 is 20.1 Å². The summed E-state index contributed by atoms with van der Waals surface area (Å²) in [6, 6.07) is 7.66. The molecule has 2 unspecified atom stereocenters. The zero-order chi connectivity index (χ0) is 13.8. The molecule has 0 aliphatic carbocycles. The summed E-state index contributed by atoms with van der Waals surface area (Å²) in [4.78, 5) is 12.1. The number of para-hydroxylation sites is 2. The van der Waals surface area contributed by atoms with Gasteiger partial charge >= 0.3 is 0 Å². The molecular weight excluding hydrogens is 256 g/mol. The summed E-state index contributed by atoms with van der Waals surface area (Å²) in [6.45, 7) is 2.00. The van der Waals surface area contributed by atoms with E-state index in [1.807, 2.05) is 24.3 Å². The second-order valence-electron chi connectivity index (χ2n) is 5.20. The molecule has 5 nitrogen and oxygen atoms in total. The van der Waals surface area contributed by atoms with Gasteiger partial charge in [-0.15, -0.1) is 0 Å². The van der Waals surface area contributed by atoms with E-state index in [9.17, 15) is 4.79 Å². The number of anilines is 1. The molecule has 0 radical (unpaired) electrons. The standard InChI is InChI=1S/C15H20N2O3/c18-15(16-8-7-11-4-3-9-19-11)14-10-17-12-5-1-2-6-13(12)20-14/h1-2,5-6,11,14,17H,3-4,7-10H2,(H,16,18). The molecule has 108 valence electrons. The summed E-state index contributed by atoms with van der Waals surface area (Å²) in [5.41, 5.74) is 0.941. The van der Waals surface area contributed by atoms with Crippen LogP contribution >= 0.6 is 0 Å². The first-order valence-corrected chi connectivity index (χ1v) is 7.22. The van der Waals surface area contributed by atoms with Gasteiger partial charge in [0.05, 0.1) is 18.3 Å². The first-order valence-electron chi connectivity index (χ1n) is 7.22. The van der Waals surface area contributed by atoms with Crippen molar-refractivity contribution in [3.63, 3.8) is 0 Å². The predicted molar refractivity (Wildman–Crippen MR) is 75.9 cm³/mol. The van der Waals surface area contributed by atoms with Gasteiger partial charge in [-0.05, 0) is 31.4 Å². The SMILES string of the molecule is O=C(NCCC1CCCO1)C1CNc2ccccc2O1. The van der Waals surface area contributed by atoms with Crippen molar-refractivity contribution >= 4 is 11.6 Å². The van der Waals surface area contributed by atoms with Crippen molar-refractivity contribution < 1.29 is 14.3 Å². The summed E-state index contributed by atoms with van der Waals surface area (Å²) in [5.74, 6) is 0.669. The van der Waals surface area contributed by atoms with Crippen LogP contribution in [0.25, 0.3) is 0 Å². The van der Waals surface area contributed by atoms with Crippen LogP contribution in [0.4, 0.5) is 5.69 Å². The second kappa shape index (κ2) is 6.13. The highest BCUT2D eigenvalue weighted by atomic mass is 16.5. The minimum absolute atomic E-state index is 0.0648. The molecule has 0 spiro atoms. The van der Waals surface area contributed by atoms with E-state index in [1.54, 1.807) is 0 Å². The quantitative estimate of drug-likeness (QED) is 0.876.